The number of aromatic nitrogens is 2. The number of nitrogens with zero attached hydrogens (tertiary/aromatic N) is 2. The van der Waals surface area contributed by atoms with E-state index in [4.69, 9.17) is 21.3 Å². The fourth-order valence-corrected chi connectivity index (χ4v) is 5.16. The van der Waals surface area contributed by atoms with Crippen LogP contribution in [0.5, 0.6) is 5.75 Å². The number of methoxy groups -OCH3 is 1. The van der Waals surface area contributed by atoms with E-state index in [2.05, 4.69) is 9.88 Å². The maximum absolute atomic E-state index is 13.1. The molecule has 2 aliphatic rings. The number of imidazole rings is 1. The molecule has 1 aromatic heterocycles. The summed E-state index contributed by atoms with van der Waals surface area (Å²) in [6.07, 6.45) is 10.8. The largest absolute Gasteiger partial charge is 0.496 e. The third kappa shape index (κ3) is 4.51. The summed E-state index contributed by atoms with van der Waals surface area (Å²) < 4.78 is 7.82. The van der Waals surface area contributed by atoms with Gasteiger partial charge < -0.3 is 14.6 Å². The van der Waals surface area contributed by atoms with Gasteiger partial charge in [-0.15, -0.1) is 0 Å². The molecule has 30 heavy (non-hydrogen) atoms. The lowest BCUT2D eigenvalue weighted by molar-refractivity contribution is 0.0932. The van der Waals surface area contributed by atoms with Crippen LogP contribution in [-0.2, 0) is 6.54 Å². The third-order valence-electron chi connectivity index (χ3n) is 6.69. The number of benzene rings is 1. The van der Waals surface area contributed by atoms with E-state index in [0.29, 0.717) is 16.6 Å². The lowest BCUT2D eigenvalue weighted by Gasteiger charge is -2.24. The number of ether oxygens (including phenoxy) is 1. The van der Waals surface area contributed by atoms with Gasteiger partial charge in [-0.2, -0.15) is 0 Å². The molecule has 2 saturated carbocycles. The zero-order chi connectivity index (χ0) is 21.1. The average Bonchev–Trinajstić information content (AvgIpc) is 3.37. The van der Waals surface area contributed by atoms with Gasteiger partial charge in [-0.25, -0.2) is 4.98 Å². The van der Waals surface area contributed by atoms with Crippen molar-refractivity contribution in [3.05, 3.63) is 34.6 Å². The van der Waals surface area contributed by atoms with Gasteiger partial charge in [0.1, 0.15) is 17.3 Å². The van der Waals surface area contributed by atoms with Gasteiger partial charge in [0, 0.05) is 23.3 Å². The first-order valence-electron chi connectivity index (χ1n) is 11.3. The van der Waals surface area contributed by atoms with E-state index in [1.807, 2.05) is 25.1 Å². The second-order valence-corrected chi connectivity index (χ2v) is 9.22. The van der Waals surface area contributed by atoms with Crippen LogP contribution < -0.4 is 10.1 Å². The molecule has 2 fully saturated rings. The monoisotopic (exact) mass is 429 g/mol. The molecule has 0 unspecified atom stereocenters. The highest BCUT2D eigenvalue weighted by atomic mass is 35.5. The molecule has 1 heterocycles. The highest BCUT2D eigenvalue weighted by molar-refractivity contribution is 6.30. The van der Waals surface area contributed by atoms with Crippen molar-refractivity contribution in [1.29, 1.82) is 0 Å². The van der Waals surface area contributed by atoms with E-state index in [1.54, 1.807) is 7.11 Å². The lowest BCUT2D eigenvalue weighted by Crippen LogP contribution is -2.33. The second-order valence-electron chi connectivity index (χ2n) is 8.78. The van der Waals surface area contributed by atoms with Crippen LogP contribution in [0.2, 0.25) is 5.02 Å². The van der Waals surface area contributed by atoms with Crippen molar-refractivity contribution >= 4 is 17.5 Å². The van der Waals surface area contributed by atoms with Crippen molar-refractivity contribution in [1.82, 2.24) is 14.9 Å². The van der Waals surface area contributed by atoms with Crippen LogP contribution in [0.15, 0.2) is 18.2 Å². The summed E-state index contributed by atoms with van der Waals surface area (Å²) in [5.41, 5.74) is 2.28. The number of rotatable bonds is 6. The predicted molar refractivity (Wildman–Crippen MR) is 120 cm³/mol. The molecule has 1 amide bonds. The molecule has 0 atom stereocenters. The highest BCUT2D eigenvalue weighted by Gasteiger charge is 2.27. The number of carbonyl (C=O) groups excluding carboxylic acids is 1. The number of carbonyl (C=O) groups is 1. The molecule has 6 heteroatoms. The van der Waals surface area contributed by atoms with Crippen LogP contribution >= 0.6 is 11.6 Å². The molecular weight excluding hydrogens is 398 g/mol. The van der Waals surface area contributed by atoms with Crippen molar-refractivity contribution in [2.45, 2.75) is 77.3 Å². The zero-order valence-electron chi connectivity index (χ0n) is 18.0. The van der Waals surface area contributed by atoms with Crippen molar-refractivity contribution in [3.8, 4) is 17.1 Å². The molecular formula is C24H32ClN3O2. The minimum Gasteiger partial charge on any atom is -0.496 e. The summed E-state index contributed by atoms with van der Waals surface area (Å²) in [5, 5.41) is 3.83. The Morgan fingerprint density at radius 1 is 1.17 bits per heavy atom. The Balaban J connectivity index is 1.72. The maximum Gasteiger partial charge on any atom is 0.271 e. The van der Waals surface area contributed by atoms with Crippen molar-refractivity contribution < 1.29 is 9.53 Å². The Labute approximate surface area is 184 Å². The molecule has 0 radical (unpaired) electrons. The number of hydrogen-bond donors (Lipinski definition) is 1. The van der Waals surface area contributed by atoms with Crippen molar-refractivity contribution in [2.24, 2.45) is 5.92 Å². The SMILES string of the molecule is COc1ccc(Cl)cc1-c1nc(C(=O)NC2CCCC2)c(C)n1CC1CCCCC1. The Morgan fingerprint density at radius 3 is 2.57 bits per heavy atom. The molecule has 2 aliphatic carbocycles. The standard InChI is InChI=1S/C24H32ClN3O2/c1-16-22(24(29)26-19-10-6-7-11-19)27-23(20-14-18(25)12-13-21(20)30-2)28(16)15-17-8-4-3-5-9-17/h12-14,17,19H,3-11,15H2,1-2H3,(H,26,29). The average molecular weight is 430 g/mol. The minimum absolute atomic E-state index is 0.0657. The molecule has 0 bridgehead atoms. The first kappa shape index (κ1) is 21.2. The fraction of sp³-hybridized carbons (Fsp3) is 0.583. The van der Waals surface area contributed by atoms with Crippen LogP contribution in [0, 0.1) is 12.8 Å². The summed E-state index contributed by atoms with van der Waals surface area (Å²) in [6.45, 7) is 2.89. The lowest BCUT2D eigenvalue weighted by atomic mass is 9.89. The van der Waals surface area contributed by atoms with Crippen LogP contribution in [0.4, 0.5) is 0 Å². The van der Waals surface area contributed by atoms with E-state index in [0.717, 1.165) is 42.2 Å². The van der Waals surface area contributed by atoms with Gasteiger partial charge in [-0.05, 0) is 56.7 Å². The number of nitrogens with one attached hydrogen (secondary N) is 1. The van der Waals surface area contributed by atoms with E-state index in [-0.39, 0.29) is 11.9 Å². The fourth-order valence-electron chi connectivity index (χ4n) is 4.98. The Kier molecular flexibility index (Phi) is 6.67. The van der Waals surface area contributed by atoms with Gasteiger partial charge in [0.05, 0.1) is 12.7 Å². The van der Waals surface area contributed by atoms with Crippen molar-refractivity contribution in [2.75, 3.05) is 7.11 Å². The van der Waals surface area contributed by atoms with Crippen LogP contribution in [0.3, 0.4) is 0 Å². The summed E-state index contributed by atoms with van der Waals surface area (Å²) in [4.78, 5) is 17.9. The first-order valence-corrected chi connectivity index (χ1v) is 11.7. The smallest absolute Gasteiger partial charge is 0.271 e. The van der Waals surface area contributed by atoms with Crippen LogP contribution in [0.1, 0.15) is 74.0 Å². The maximum atomic E-state index is 13.1. The molecule has 5 nitrogen and oxygen atoms in total. The van der Waals surface area contributed by atoms with Gasteiger partial charge >= 0.3 is 0 Å². The predicted octanol–water partition coefficient (Wildman–Crippen LogP) is 5.77. The van der Waals surface area contributed by atoms with Gasteiger partial charge in [0.25, 0.3) is 5.91 Å². The van der Waals surface area contributed by atoms with Crippen molar-refractivity contribution in [3.63, 3.8) is 0 Å². The number of halogens is 1. The summed E-state index contributed by atoms with van der Waals surface area (Å²) in [5.74, 6) is 2.04. The zero-order valence-corrected chi connectivity index (χ0v) is 18.8. The Bertz CT molecular complexity index is 896. The summed E-state index contributed by atoms with van der Waals surface area (Å²) >= 11 is 6.32. The Hall–Kier alpha value is -2.01. The van der Waals surface area contributed by atoms with Gasteiger partial charge in [0.2, 0.25) is 0 Å². The summed E-state index contributed by atoms with van der Waals surface area (Å²) in [6, 6.07) is 5.84. The molecule has 2 aromatic rings. The van der Waals surface area contributed by atoms with Crippen LogP contribution in [-0.4, -0.2) is 28.6 Å². The molecule has 0 saturated heterocycles. The molecule has 0 spiro atoms. The van der Waals surface area contributed by atoms with E-state index in [1.165, 1.54) is 44.9 Å². The molecule has 1 aromatic carbocycles. The van der Waals surface area contributed by atoms with E-state index >= 15 is 0 Å². The topological polar surface area (TPSA) is 56.1 Å². The highest BCUT2D eigenvalue weighted by Crippen LogP contribution is 2.35. The third-order valence-corrected chi connectivity index (χ3v) is 6.93. The van der Waals surface area contributed by atoms with Gasteiger partial charge in [0.15, 0.2) is 0 Å². The van der Waals surface area contributed by atoms with Crippen LogP contribution in [0.25, 0.3) is 11.4 Å². The molecule has 4 rings (SSSR count). The molecule has 0 aliphatic heterocycles. The van der Waals surface area contributed by atoms with Gasteiger partial charge in [-0.1, -0.05) is 43.7 Å². The van der Waals surface area contributed by atoms with E-state index in [9.17, 15) is 4.79 Å². The number of hydrogen-bond acceptors (Lipinski definition) is 3. The van der Waals surface area contributed by atoms with Gasteiger partial charge in [-0.3, -0.25) is 4.79 Å². The normalized spacial score (nSPS) is 18.0. The minimum atomic E-state index is -0.0657. The Morgan fingerprint density at radius 2 is 1.87 bits per heavy atom. The second kappa shape index (κ2) is 9.42. The number of amides is 1. The summed E-state index contributed by atoms with van der Waals surface area (Å²) in [7, 11) is 1.65. The molecule has 1 N–H and O–H groups in total. The first-order chi connectivity index (χ1) is 14.6. The quantitative estimate of drug-likeness (QED) is 0.633. The molecule has 162 valence electrons. The van der Waals surface area contributed by atoms with E-state index < -0.39 is 0 Å².